The first kappa shape index (κ1) is 13.0. The number of aromatic nitrogens is 3. The van der Waals surface area contributed by atoms with Crippen LogP contribution in [0.4, 0.5) is 5.82 Å². The number of benzene rings is 1. The molecule has 1 aromatic carbocycles. The number of aromatic amines is 2. The van der Waals surface area contributed by atoms with Gasteiger partial charge in [-0.05, 0) is 12.0 Å². The van der Waals surface area contributed by atoms with Crippen molar-refractivity contribution in [1.82, 2.24) is 15.2 Å². The fourth-order valence-electron chi connectivity index (χ4n) is 1.68. The Kier molecular flexibility index (Phi) is 4.09. The minimum absolute atomic E-state index is 0.0832. The van der Waals surface area contributed by atoms with E-state index < -0.39 is 11.2 Å². The zero-order valence-corrected chi connectivity index (χ0v) is 10.2. The number of nitrogens with zero attached hydrogens (tertiary/aromatic N) is 1. The molecule has 0 fully saturated rings. The van der Waals surface area contributed by atoms with Crippen molar-refractivity contribution in [3.05, 3.63) is 56.7 Å². The molecule has 1 heterocycles. The molecule has 7 heteroatoms. The van der Waals surface area contributed by atoms with E-state index in [0.717, 1.165) is 5.56 Å². The maximum atomic E-state index is 11.4. The quantitative estimate of drug-likeness (QED) is 0.602. The summed E-state index contributed by atoms with van der Waals surface area (Å²) in [6.07, 6.45) is 0.643. The highest BCUT2D eigenvalue weighted by Gasteiger charge is 2.06. The van der Waals surface area contributed by atoms with E-state index in [1.165, 1.54) is 0 Å². The molecule has 1 atom stereocenters. The summed E-state index contributed by atoms with van der Waals surface area (Å²) in [5, 5.41) is 8.61. The molecular weight excluding hydrogens is 246 g/mol. The predicted octanol–water partition coefficient (Wildman–Crippen LogP) is -0.0398. The van der Waals surface area contributed by atoms with Crippen LogP contribution >= 0.6 is 0 Å². The summed E-state index contributed by atoms with van der Waals surface area (Å²) in [6.45, 7) is 0.484. The van der Waals surface area contributed by atoms with E-state index in [4.69, 9.17) is 5.73 Å². The maximum Gasteiger partial charge on any atom is 0.342 e. The summed E-state index contributed by atoms with van der Waals surface area (Å²) >= 11 is 0. The Labute approximate surface area is 108 Å². The molecule has 0 saturated heterocycles. The third-order valence-electron chi connectivity index (χ3n) is 2.69. The van der Waals surface area contributed by atoms with Gasteiger partial charge in [-0.3, -0.25) is 9.78 Å². The molecule has 2 aromatic rings. The first-order valence-electron chi connectivity index (χ1n) is 5.90. The van der Waals surface area contributed by atoms with Gasteiger partial charge in [-0.2, -0.15) is 0 Å². The molecule has 0 spiro atoms. The Balaban J connectivity index is 1.90. The lowest BCUT2D eigenvalue weighted by atomic mass is 10.1. The lowest BCUT2D eigenvalue weighted by molar-refractivity contribution is 0.672. The molecular formula is C12H15N5O2. The summed E-state index contributed by atoms with van der Waals surface area (Å²) < 4.78 is 0. The summed E-state index contributed by atoms with van der Waals surface area (Å²) in [5.74, 6) is 0.0832. The molecule has 19 heavy (non-hydrogen) atoms. The zero-order chi connectivity index (χ0) is 13.7. The lowest BCUT2D eigenvalue weighted by Crippen LogP contribution is -2.27. The standard InChI is InChI=1S/C12H15N5O2/c13-9(8-4-2-1-3-5-8)6-7-14-10-11(18)15-12(19)17-16-10/h1-5,9H,6-7,13H2,(H,14,16)(H2,15,17,18,19). The number of anilines is 1. The van der Waals surface area contributed by atoms with Crippen LogP contribution in [-0.2, 0) is 0 Å². The fraction of sp³-hybridized carbons (Fsp3) is 0.250. The van der Waals surface area contributed by atoms with Gasteiger partial charge in [0.1, 0.15) is 0 Å². The Hall–Kier alpha value is -2.41. The lowest BCUT2D eigenvalue weighted by Gasteiger charge is -2.12. The molecule has 0 bridgehead atoms. The van der Waals surface area contributed by atoms with Gasteiger partial charge in [0, 0.05) is 12.6 Å². The number of nitrogens with two attached hydrogens (primary N) is 1. The third-order valence-corrected chi connectivity index (χ3v) is 2.69. The van der Waals surface area contributed by atoms with Crippen LogP contribution in [0.3, 0.4) is 0 Å². The third kappa shape index (κ3) is 3.52. The van der Waals surface area contributed by atoms with Crippen LogP contribution in [0.1, 0.15) is 18.0 Å². The van der Waals surface area contributed by atoms with Gasteiger partial charge in [0.25, 0.3) is 5.56 Å². The topological polar surface area (TPSA) is 117 Å². The van der Waals surface area contributed by atoms with Gasteiger partial charge in [-0.25, -0.2) is 9.89 Å². The number of hydrogen-bond donors (Lipinski definition) is 4. The summed E-state index contributed by atoms with van der Waals surface area (Å²) in [6, 6.07) is 9.58. The van der Waals surface area contributed by atoms with Crippen molar-refractivity contribution < 1.29 is 0 Å². The SMILES string of the molecule is NC(CCNc1n[nH]c(=O)[nH]c1=O)c1ccccc1. The van der Waals surface area contributed by atoms with Gasteiger partial charge >= 0.3 is 5.69 Å². The predicted molar refractivity (Wildman–Crippen MR) is 72.0 cm³/mol. The van der Waals surface area contributed by atoms with Crippen molar-refractivity contribution in [2.45, 2.75) is 12.5 Å². The molecule has 0 saturated carbocycles. The second-order valence-electron chi connectivity index (χ2n) is 4.09. The molecule has 0 radical (unpaired) electrons. The number of nitrogens with one attached hydrogen (secondary N) is 3. The van der Waals surface area contributed by atoms with Crippen molar-refractivity contribution in [2.24, 2.45) is 5.73 Å². The van der Waals surface area contributed by atoms with Crippen molar-refractivity contribution in [3.63, 3.8) is 0 Å². The average molecular weight is 261 g/mol. The Morgan fingerprint density at radius 3 is 2.68 bits per heavy atom. The highest BCUT2D eigenvalue weighted by atomic mass is 16.2. The van der Waals surface area contributed by atoms with E-state index in [1.807, 2.05) is 30.3 Å². The van der Waals surface area contributed by atoms with E-state index in [2.05, 4.69) is 20.5 Å². The second-order valence-corrected chi connectivity index (χ2v) is 4.09. The molecule has 100 valence electrons. The molecule has 5 N–H and O–H groups in total. The second kappa shape index (κ2) is 5.96. The molecule has 7 nitrogen and oxygen atoms in total. The van der Waals surface area contributed by atoms with E-state index in [9.17, 15) is 9.59 Å². The van der Waals surface area contributed by atoms with Gasteiger partial charge in [0.15, 0.2) is 0 Å². The van der Waals surface area contributed by atoms with E-state index >= 15 is 0 Å². The van der Waals surface area contributed by atoms with E-state index in [1.54, 1.807) is 0 Å². The monoisotopic (exact) mass is 261 g/mol. The molecule has 0 aliphatic rings. The smallest absolute Gasteiger partial charge is 0.342 e. The largest absolute Gasteiger partial charge is 0.364 e. The fourth-order valence-corrected chi connectivity index (χ4v) is 1.68. The molecule has 1 aromatic heterocycles. The Morgan fingerprint density at radius 2 is 2.00 bits per heavy atom. The number of hydrogen-bond acceptors (Lipinski definition) is 5. The highest BCUT2D eigenvalue weighted by molar-refractivity contribution is 5.28. The van der Waals surface area contributed by atoms with Gasteiger partial charge in [0.2, 0.25) is 5.82 Å². The van der Waals surface area contributed by atoms with Crippen molar-refractivity contribution in [3.8, 4) is 0 Å². The normalized spacial score (nSPS) is 12.1. The van der Waals surface area contributed by atoms with E-state index in [-0.39, 0.29) is 11.9 Å². The van der Waals surface area contributed by atoms with Crippen LogP contribution in [0, 0.1) is 0 Å². The molecule has 0 amide bonds. The number of H-pyrrole nitrogens is 2. The van der Waals surface area contributed by atoms with Gasteiger partial charge in [0.05, 0.1) is 0 Å². The van der Waals surface area contributed by atoms with Crippen molar-refractivity contribution in [1.29, 1.82) is 0 Å². The van der Waals surface area contributed by atoms with Crippen LogP contribution in [0.5, 0.6) is 0 Å². The summed E-state index contributed by atoms with van der Waals surface area (Å²) in [4.78, 5) is 24.2. The van der Waals surface area contributed by atoms with Crippen molar-refractivity contribution >= 4 is 5.82 Å². The highest BCUT2D eigenvalue weighted by Crippen LogP contribution is 2.12. The van der Waals surface area contributed by atoms with Crippen LogP contribution in [0.2, 0.25) is 0 Å². The first-order chi connectivity index (χ1) is 9.16. The Bertz CT molecular complexity index is 634. The van der Waals surface area contributed by atoms with Crippen LogP contribution in [0.25, 0.3) is 0 Å². The van der Waals surface area contributed by atoms with Crippen molar-refractivity contribution in [2.75, 3.05) is 11.9 Å². The number of rotatable bonds is 5. The molecule has 0 aliphatic carbocycles. The van der Waals surface area contributed by atoms with E-state index in [0.29, 0.717) is 13.0 Å². The molecule has 1 unspecified atom stereocenters. The minimum atomic E-state index is -0.628. The van der Waals surface area contributed by atoms with Crippen LogP contribution in [-0.4, -0.2) is 21.7 Å². The first-order valence-corrected chi connectivity index (χ1v) is 5.90. The van der Waals surface area contributed by atoms with Gasteiger partial charge in [-0.1, -0.05) is 30.3 Å². The zero-order valence-electron chi connectivity index (χ0n) is 10.2. The van der Waals surface area contributed by atoms with Gasteiger partial charge in [-0.15, -0.1) is 5.10 Å². The minimum Gasteiger partial charge on any atom is -0.364 e. The molecule has 2 rings (SSSR count). The summed E-state index contributed by atoms with van der Waals surface area (Å²) in [7, 11) is 0. The Morgan fingerprint density at radius 1 is 1.26 bits per heavy atom. The molecule has 0 aliphatic heterocycles. The van der Waals surface area contributed by atoms with Crippen LogP contribution < -0.4 is 22.3 Å². The van der Waals surface area contributed by atoms with Crippen LogP contribution in [0.15, 0.2) is 39.9 Å². The maximum absolute atomic E-state index is 11.4. The van der Waals surface area contributed by atoms with Gasteiger partial charge < -0.3 is 11.1 Å². The summed E-state index contributed by atoms with van der Waals surface area (Å²) in [5.41, 5.74) is 5.88. The average Bonchev–Trinajstić information content (AvgIpc) is 2.42.